The molecule has 0 spiro atoms. The number of aryl methyl sites for hydroxylation is 2. The zero-order valence-electron chi connectivity index (χ0n) is 15.6. The molecule has 0 saturated carbocycles. The third-order valence-corrected chi connectivity index (χ3v) is 6.63. The molecule has 1 heterocycles. The molecule has 1 aliphatic rings. The van der Waals surface area contributed by atoms with Crippen LogP contribution in [0.15, 0.2) is 53.4 Å². The molecule has 0 N–H and O–H groups in total. The minimum absolute atomic E-state index is 0.242. The van der Waals surface area contributed by atoms with Gasteiger partial charge in [-0.25, -0.2) is 8.42 Å². The molecule has 5 nitrogen and oxygen atoms in total. The molecule has 6 heteroatoms. The van der Waals surface area contributed by atoms with E-state index in [-0.39, 0.29) is 12.4 Å². The van der Waals surface area contributed by atoms with Crippen LogP contribution in [0.3, 0.4) is 0 Å². The number of carbonyl (C=O) groups excluding carboxylic acids is 1. The highest BCUT2D eigenvalue weighted by atomic mass is 32.2. The van der Waals surface area contributed by atoms with Gasteiger partial charge in [-0.15, -0.1) is 0 Å². The summed E-state index contributed by atoms with van der Waals surface area (Å²) in [6, 6.07) is 14.2. The van der Waals surface area contributed by atoms with Gasteiger partial charge in [0.2, 0.25) is 10.0 Å². The topological polar surface area (TPSA) is 63.7 Å². The van der Waals surface area contributed by atoms with Gasteiger partial charge < -0.3 is 4.74 Å². The summed E-state index contributed by atoms with van der Waals surface area (Å²) in [6.07, 6.45) is 3.67. The second-order valence-electron chi connectivity index (χ2n) is 6.90. The van der Waals surface area contributed by atoms with Crippen molar-refractivity contribution < 1.29 is 17.9 Å². The van der Waals surface area contributed by atoms with E-state index in [2.05, 4.69) is 0 Å². The second-order valence-corrected chi connectivity index (χ2v) is 8.84. The number of hydrogen-bond acceptors (Lipinski definition) is 4. The Morgan fingerprint density at radius 3 is 2.41 bits per heavy atom. The largest absolute Gasteiger partial charge is 0.427 e. The fourth-order valence-corrected chi connectivity index (χ4v) is 4.71. The van der Waals surface area contributed by atoms with Gasteiger partial charge in [-0.05, 0) is 61.6 Å². The molecule has 0 aromatic heterocycles. The van der Waals surface area contributed by atoms with Crippen molar-refractivity contribution >= 4 is 16.0 Å². The summed E-state index contributed by atoms with van der Waals surface area (Å²) in [4.78, 5) is 12.3. The number of hydrogen-bond donors (Lipinski definition) is 0. The highest BCUT2D eigenvalue weighted by Crippen LogP contribution is 2.21. The number of ether oxygens (including phenoxy) is 1. The van der Waals surface area contributed by atoms with E-state index in [9.17, 15) is 13.2 Å². The van der Waals surface area contributed by atoms with Crippen LogP contribution in [0.4, 0.5) is 0 Å². The van der Waals surface area contributed by atoms with Crippen molar-refractivity contribution in [1.29, 1.82) is 0 Å². The zero-order chi connectivity index (χ0) is 19.3. The number of nitrogens with zero attached hydrogens (tertiary/aromatic N) is 1. The van der Waals surface area contributed by atoms with E-state index in [1.165, 1.54) is 0 Å². The molecule has 1 aliphatic heterocycles. The molecule has 1 fully saturated rings. The number of piperidine rings is 1. The first-order valence-corrected chi connectivity index (χ1v) is 10.8. The second kappa shape index (κ2) is 8.67. The van der Waals surface area contributed by atoms with Crippen LogP contribution < -0.4 is 4.74 Å². The molecular formula is C21H25NO4S. The van der Waals surface area contributed by atoms with Crippen molar-refractivity contribution in [2.75, 3.05) is 13.1 Å². The Balaban J connectivity index is 1.56. The van der Waals surface area contributed by atoms with Gasteiger partial charge in [-0.2, -0.15) is 4.31 Å². The number of esters is 1. The van der Waals surface area contributed by atoms with Crippen molar-refractivity contribution in [3.05, 3.63) is 59.7 Å². The molecule has 2 aromatic carbocycles. The quantitative estimate of drug-likeness (QED) is 0.560. The molecule has 0 radical (unpaired) electrons. The third kappa shape index (κ3) is 5.17. The molecular weight excluding hydrogens is 362 g/mol. The summed E-state index contributed by atoms with van der Waals surface area (Å²) in [5.41, 5.74) is 1.94. The van der Waals surface area contributed by atoms with Gasteiger partial charge in [0.25, 0.3) is 0 Å². The van der Waals surface area contributed by atoms with Crippen LogP contribution in [-0.2, 0) is 21.2 Å². The van der Waals surface area contributed by atoms with Crippen LogP contribution in [0.25, 0.3) is 0 Å². The number of sulfonamides is 1. The lowest BCUT2D eigenvalue weighted by Gasteiger charge is -2.25. The summed E-state index contributed by atoms with van der Waals surface area (Å²) in [5.74, 6) is 0.244. The lowest BCUT2D eigenvalue weighted by molar-refractivity contribution is -0.134. The molecule has 2 aromatic rings. The van der Waals surface area contributed by atoms with E-state index in [0.717, 1.165) is 30.4 Å². The first-order chi connectivity index (χ1) is 12.9. The summed E-state index contributed by atoms with van der Waals surface area (Å²) >= 11 is 0. The van der Waals surface area contributed by atoms with E-state index >= 15 is 0 Å². The predicted octanol–water partition coefficient (Wildman–Crippen LogP) is 3.71. The maximum Gasteiger partial charge on any atom is 0.311 e. The maximum absolute atomic E-state index is 12.6. The molecule has 0 bridgehead atoms. The maximum atomic E-state index is 12.6. The van der Waals surface area contributed by atoms with Gasteiger partial charge in [-0.1, -0.05) is 30.7 Å². The van der Waals surface area contributed by atoms with E-state index < -0.39 is 10.0 Å². The zero-order valence-corrected chi connectivity index (χ0v) is 16.4. The van der Waals surface area contributed by atoms with E-state index in [4.69, 9.17) is 4.74 Å². The minimum Gasteiger partial charge on any atom is -0.427 e. The van der Waals surface area contributed by atoms with Crippen LogP contribution in [-0.4, -0.2) is 31.8 Å². The molecule has 144 valence electrons. The molecule has 0 amide bonds. The molecule has 3 rings (SSSR count). The lowest BCUT2D eigenvalue weighted by Crippen LogP contribution is -2.35. The van der Waals surface area contributed by atoms with E-state index in [1.54, 1.807) is 34.6 Å². The highest BCUT2D eigenvalue weighted by Gasteiger charge is 2.25. The minimum atomic E-state index is -3.41. The Labute approximate surface area is 161 Å². The summed E-state index contributed by atoms with van der Waals surface area (Å²) in [6.45, 7) is 3.13. The van der Waals surface area contributed by atoms with Crippen LogP contribution in [0.5, 0.6) is 5.75 Å². The highest BCUT2D eigenvalue weighted by molar-refractivity contribution is 7.89. The van der Waals surface area contributed by atoms with Crippen molar-refractivity contribution in [1.82, 2.24) is 4.31 Å². The fraction of sp³-hybridized carbons (Fsp3) is 0.381. The summed E-state index contributed by atoms with van der Waals surface area (Å²) in [5, 5.41) is 0. The normalized spacial score (nSPS) is 15.4. The van der Waals surface area contributed by atoms with Gasteiger partial charge in [0, 0.05) is 19.5 Å². The van der Waals surface area contributed by atoms with Crippen molar-refractivity contribution in [2.45, 2.75) is 43.9 Å². The summed E-state index contributed by atoms with van der Waals surface area (Å²) in [7, 11) is -3.41. The third-order valence-electron chi connectivity index (χ3n) is 4.72. The van der Waals surface area contributed by atoms with Gasteiger partial charge in [0.1, 0.15) is 5.75 Å². The molecule has 0 aliphatic carbocycles. The summed E-state index contributed by atoms with van der Waals surface area (Å²) < 4.78 is 32.2. The average molecular weight is 388 g/mol. The van der Waals surface area contributed by atoms with Crippen molar-refractivity contribution in [2.24, 2.45) is 0 Å². The Hall–Kier alpha value is -2.18. The van der Waals surface area contributed by atoms with Gasteiger partial charge in [-0.3, -0.25) is 4.79 Å². The van der Waals surface area contributed by atoms with Gasteiger partial charge in [0.15, 0.2) is 0 Å². The molecule has 0 unspecified atom stereocenters. The predicted molar refractivity (Wildman–Crippen MR) is 104 cm³/mol. The Kier molecular flexibility index (Phi) is 6.29. The average Bonchev–Trinajstić information content (AvgIpc) is 2.67. The fourth-order valence-electron chi connectivity index (χ4n) is 3.19. The monoisotopic (exact) mass is 387 g/mol. The Morgan fingerprint density at radius 1 is 1.04 bits per heavy atom. The van der Waals surface area contributed by atoms with Crippen LogP contribution in [0.2, 0.25) is 0 Å². The van der Waals surface area contributed by atoms with Crippen LogP contribution in [0.1, 0.15) is 36.8 Å². The number of rotatable bonds is 6. The SMILES string of the molecule is Cc1cccc(OC(=O)CCc2ccc(S(=O)(=O)N3CCCCC3)cc2)c1. The first-order valence-electron chi connectivity index (χ1n) is 9.31. The van der Waals surface area contributed by atoms with Crippen LogP contribution in [0, 0.1) is 6.92 Å². The molecule has 27 heavy (non-hydrogen) atoms. The van der Waals surface area contributed by atoms with E-state index in [0.29, 0.717) is 30.2 Å². The van der Waals surface area contributed by atoms with Gasteiger partial charge >= 0.3 is 5.97 Å². The Bertz CT molecular complexity index is 885. The lowest BCUT2D eigenvalue weighted by atomic mass is 10.1. The van der Waals surface area contributed by atoms with Crippen LogP contribution >= 0.6 is 0 Å². The first kappa shape index (κ1) is 19.6. The standard InChI is InChI=1S/C21H25NO4S/c1-17-6-5-7-19(16-17)26-21(23)13-10-18-8-11-20(12-9-18)27(24,25)22-14-3-2-4-15-22/h5-9,11-12,16H,2-4,10,13-15H2,1H3. The Morgan fingerprint density at radius 2 is 1.74 bits per heavy atom. The smallest absolute Gasteiger partial charge is 0.311 e. The molecule has 0 atom stereocenters. The van der Waals surface area contributed by atoms with Gasteiger partial charge in [0.05, 0.1) is 4.90 Å². The van der Waals surface area contributed by atoms with Crippen molar-refractivity contribution in [3.63, 3.8) is 0 Å². The van der Waals surface area contributed by atoms with E-state index in [1.807, 2.05) is 25.1 Å². The number of carbonyl (C=O) groups is 1. The molecule has 1 saturated heterocycles. The van der Waals surface area contributed by atoms with Crippen molar-refractivity contribution in [3.8, 4) is 5.75 Å². The number of benzene rings is 2.